The molecule has 1 aromatic heterocycles. The summed E-state index contributed by atoms with van der Waals surface area (Å²) in [5, 5.41) is 0. The number of nitrogens with zero attached hydrogens (tertiary/aromatic N) is 1. The molecule has 2 aromatic rings. The first kappa shape index (κ1) is 12.6. The van der Waals surface area contributed by atoms with Gasteiger partial charge in [0.25, 0.3) is 0 Å². The lowest BCUT2D eigenvalue weighted by Gasteiger charge is -2.06. The Labute approximate surface area is 107 Å². The minimum Gasteiger partial charge on any atom is -0.497 e. The number of methoxy groups -OCH3 is 1. The van der Waals surface area contributed by atoms with Gasteiger partial charge in [-0.15, -0.1) is 0 Å². The summed E-state index contributed by atoms with van der Waals surface area (Å²) >= 11 is 0. The Morgan fingerprint density at radius 2 is 2.28 bits per heavy atom. The molecule has 96 valence electrons. The van der Waals surface area contributed by atoms with Crippen molar-refractivity contribution < 1.29 is 4.74 Å². The highest BCUT2D eigenvalue weighted by molar-refractivity contribution is 5.60. The van der Waals surface area contributed by atoms with Crippen molar-refractivity contribution in [3.05, 3.63) is 36.3 Å². The average Bonchev–Trinajstić information content (AvgIpc) is 2.89. The van der Waals surface area contributed by atoms with E-state index in [4.69, 9.17) is 10.5 Å². The Kier molecular flexibility index (Phi) is 3.99. The molecule has 18 heavy (non-hydrogen) atoms. The van der Waals surface area contributed by atoms with E-state index >= 15 is 0 Å². The van der Waals surface area contributed by atoms with Gasteiger partial charge in [0.1, 0.15) is 11.6 Å². The maximum atomic E-state index is 6.03. The SMILES string of the molecule is CCCC(N)c1ncc(-c2cccc(OC)c2)[nH]1. The number of imidazole rings is 1. The van der Waals surface area contributed by atoms with E-state index in [2.05, 4.69) is 16.9 Å². The van der Waals surface area contributed by atoms with E-state index in [0.717, 1.165) is 35.7 Å². The molecule has 0 bridgehead atoms. The van der Waals surface area contributed by atoms with Gasteiger partial charge >= 0.3 is 0 Å². The molecular weight excluding hydrogens is 226 g/mol. The second kappa shape index (κ2) is 5.69. The monoisotopic (exact) mass is 245 g/mol. The van der Waals surface area contributed by atoms with Crippen molar-refractivity contribution in [3.8, 4) is 17.0 Å². The van der Waals surface area contributed by atoms with Crippen LogP contribution in [0.1, 0.15) is 31.6 Å². The minimum atomic E-state index is -0.0191. The summed E-state index contributed by atoms with van der Waals surface area (Å²) in [6.45, 7) is 2.12. The molecule has 1 aromatic carbocycles. The van der Waals surface area contributed by atoms with Crippen LogP contribution in [-0.2, 0) is 0 Å². The van der Waals surface area contributed by atoms with E-state index in [1.807, 2.05) is 30.5 Å². The molecule has 4 heteroatoms. The van der Waals surface area contributed by atoms with Gasteiger partial charge in [-0.25, -0.2) is 4.98 Å². The highest BCUT2D eigenvalue weighted by Gasteiger charge is 2.10. The van der Waals surface area contributed by atoms with Crippen LogP contribution in [0.15, 0.2) is 30.5 Å². The molecule has 0 aliphatic carbocycles. The summed E-state index contributed by atoms with van der Waals surface area (Å²) in [6, 6.07) is 7.85. The van der Waals surface area contributed by atoms with Crippen molar-refractivity contribution >= 4 is 0 Å². The van der Waals surface area contributed by atoms with Gasteiger partial charge in [0.05, 0.1) is 25.0 Å². The van der Waals surface area contributed by atoms with Crippen molar-refractivity contribution in [1.82, 2.24) is 9.97 Å². The summed E-state index contributed by atoms with van der Waals surface area (Å²) in [6.07, 6.45) is 3.81. The maximum absolute atomic E-state index is 6.03. The molecule has 0 spiro atoms. The van der Waals surface area contributed by atoms with E-state index in [0.29, 0.717) is 0 Å². The van der Waals surface area contributed by atoms with Crippen LogP contribution in [0.4, 0.5) is 0 Å². The molecule has 0 radical (unpaired) electrons. The second-order valence-electron chi connectivity index (χ2n) is 4.31. The topological polar surface area (TPSA) is 63.9 Å². The van der Waals surface area contributed by atoms with Crippen LogP contribution in [0, 0.1) is 0 Å². The lowest BCUT2D eigenvalue weighted by atomic mass is 10.1. The van der Waals surface area contributed by atoms with Crippen LogP contribution in [0.25, 0.3) is 11.3 Å². The summed E-state index contributed by atoms with van der Waals surface area (Å²) < 4.78 is 5.21. The predicted molar refractivity (Wildman–Crippen MR) is 72.4 cm³/mol. The lowest BCUT2D eigenvalue weighted by molar-refractivity contribution is 0.415. The number of nitrogens with two attached hydrogens (primary N) is 1. The summed E-state index contributed by atoms with van der Waals surface area (Å²) in [5.74, 6) is 1.68. The van der Waals surface area contributed by atoms with Crippen LogP contribution in [0.5, 0.6) is 5.75 Å². The quantitative estimate of drug-likeness (QED) is 0.851. The standard InChI is InChI=1S/C14H19N3O/c1-3-5-12(15)14-16-9-13(17-14)10-6-4-7-11(8-10)18-2/h4,6-9,12H,3,5,15H2,1-2H3,(H,16,17). The third-order valence-electron chi connectivity index (χ3n) is 2.93. The van der Waals surface area contributed by atoms with E-state index in [-0.39, 0.29) is 6.04 Å². The third-order valence-corrected chi connectivity index (χ3v) is 2.93. The molecule has 0 aliphatic rings. The van der Waals surface area contributed by atoms with Gasteiger partial charge in [-0.2, -0.15) is 0 Å². The first-order valence-corrected chi connectivity index (χ1v) is 6.19. The minimum absolute atomic E-state index is 0.0191. The fraction of sp³-hybridized carbons (Fsp3) is 0.357. The Balaban J connectivity index is 2.23. The molecule has 1 heterocycles. The van der Waals surface area contributed by atoms with Crippen LogP contribution in [-0.4, -0.2) is 17.1 Å². The Bertz CT molecular complexity index is 507. The molecule has 0 saturated carbocycles. The van der Waals surface area contributed by atoms with Gasteiger partial charge in [0.2, 0.25) is 0 Å². The number of benzene rings is 1. The number of aromatic nitrogens is 2. The summed E-state index contributed by atoms with van der Waals surface area (Å²) in [4.78, 5) is 7.62. The van der Waals surface area contributed by atoms with Crippen LogP contribution in [0.3, 0.4) is 0 Å². The molecule has 0 aliphatic heterocycles. The first-order valence-electron chi connectivity index (χ1n) is 6.19. The number of rotatable bonds is 5. The van der Waals surface area contributed by atoms with E-state index < -0.39 is 0 Å². The molecule has 0 saturated heterocycles. The van der Waals surface area contributed by atoms with Crippen LogP contribution >= 0.6 is 0 Å². The van der Waals surface area contributed by atoms with Gasteiger partial charge in [0, 0.05) is 5.56 Å². The van der Waals surface area contributed by atoms with Crippen LogP contribution < -0.4 is 10.5 Å². The van der Waals surface area contributed by atoms with Crippen molar-refractivity contribution in [3.63, 3.8) is 0 Å². The van der Waals surface area contributed by atoms with Crippen molar-refractivity contribution in [2.24, 2.45) is 5.73 Å². The van der Waals surface area contributed by atoms with E-state index in [1.165, 1.54) is 0 Å². The van der Waals surface area contributed by atoms with Gasteiger partial charge < -0.3 is 15.5 Å². The zero-order chi connectivity index (χ0) is 13.0. The Hall–Kier alpha value is -1.81. The number of hydrogen-bond donors (Lipinski definition) is 2. The molecule has 0 fully saturated rings. The second-order valence-corrected chi connectivity index (χ2v) is 4.31. The van der Waals surface area contributed by atoms with E-state index in [9.17, 15) is 0 Å². The first-order chi connectivity index (χ1) is 8.74. The maximum Gasteiger partial charge on any atom is 0.123 e. The lowest BCUT2D eigenvalue weighted by Crippen LogP contribution is -2.11. The Morgan fingerprint density at radius 1 is 1.44 bits per heavy atom. The number of H-pyrrole nitrogens is 1. The molecule has 3 N–H and O–H groups in total. The zero-order valence-corrected chi connectivity index (χ0v) is 10.8. The van der Waals surface area contributed by atoms with Gasteiger partial charge in [0.15, 0.2) is 0 Å². The van der Waals surface area contributed by atoms with Gasteiger partial charge in [-0.1, -0.05) is 25.5 Å². The number of ether oxygens (including phenoxy) is 1. The number of hydrogen-bond acceptors (Lipinski definition) is 3. The van der Waals surface area contributed by atoms with E-state index in [1.54, 1.807) is 7.11 Å². The smallest absolute Gasteiger partial charge is 0.123 e. The predicted octanol–water partition coefficient (Wildman–Crippen LogP) is 2.89. The number of nitrogens with one attached hydrogen (secondary N) is 1. The largest absolute Gasteiger partial charge is 0.497 e. The Morgan fingerprint density at radius 3 is 3.00 bits per heavy atom. The molecule has 4 nitrogen and oxygen atoms in total. The summed E-state index contributed by atoms with van der Waals surface area (Å²) in [7, 11) is 1.66. The zero-order valence-electron chi connectivity index (χ0n) is 10.8. The third kappa shape index (κ3) is 2.71. The highest BCUT2D eigenvalue weighted by atomic mass is 16.5. The molecule has 1 unspecified atom stereocenters. The molecular formula is C14H19N3O. The molecule has 2 rings (SSSR count). The van der Waals surface area contributed by atoms with Gasteiger partial charge in [-0.05, 0) is 18.6 Å². The van der Waals surface area contributed by atoms with Crippen molar-refractivity contribution in [2.75, 3.05) is 7.11 Å². The number of aromatic amines is 1. The average molecular weight is 245 g/mol. The summed E-state index contributed by atoms with van der Waals surface area (Å²) in [5.41, 5.74) is 8.06. The normalized spacial score (nSPS) is 12.4. The molecule has 0 amide bonds. The fourth-order valence-corrected chi connectivity index (χ4v) is 1.91. The van der Waals surface area contributed by atoms with Gasteiger partial charge in [-0.3, -0.25) is 0 Å². The van der Waals surface area contributed by atoms with Crippen molar-refractivity contribution in [1.29, 1.82) is 0 Å². The highest BCUT2D eigenvalue weighted by Crippen LogP contribution is 2.23. The van der Waals surface area contributed by atoms with Crippen molar-refractivity contribution in [2.45, 2.75) is 25.8 Å². The molecule has 1 atom stereocenters. The van der Waals surface area contributed by atoms with Crippen LogP contribution in [0.2, 0.25) is 0 Å². The fourth-order valence-electron chi connectivity index (χ4n) is 1.91.